The lowest BCUT2D eigenvalue weighted by molar-refractivity contribution is -0.161. The summed E-state index contributed by atoms with van der Waals surface area (Å²) in [5.41, 5.74) is 0. The third-order valence-corrected chi connectivity index (χ3v) is 6.71. The van der Waals surface area contributed by atoms with Gasteiger partial charge in [-0.15, -0.1) is 0 Å². The highest BCUT2D eigenvalue weighted by atomic mass is 31.2. The third kappa shape index (κ3) is 29.3. The van der Waals surface area contributed by atoms with Crippen LogP contribution in [0.3, 0.4) is 0 Å². The summed E-state index contributed by atoms with van der Waals surface area (Å²) in [7, 11) is -4.74. The maximum absolute atomic E-state index is 12.2. The van der Waals surface area contributed by atoms with Gasteiger partial charge < -0.3 is 19.3 Å². The summed E-state index contributed by atoms with van der Waals surface area (Å²) in [5.74, 6) is -0.914. The number of allylic oxidation sites excluding steroid dienone is 4. The molecule has 0 saturated heterocycles. The standard InChI is InChI=1S/C30H55O8P/c1-3-5-7-9-11-12-13-14-15-16-17-18-19-21-23-25-30(32)38-28(27-37-39(33,34)35)26-36-29(31)24-22-20-10-8-6-4-2/h11-12,14-15,28H,3-10,13,16-27H2,1-2H3,(H2,33,34,35)/b12-11-,15-14-. The fraction of sp³-hybridized carbons (Fsp3) is 0.800. The van der Waals surface area contributed by atoms with Gasteiger partial charge in [-0.05, 0) is 44.9 Å². The van der Waals surface area contributed by atoms with Crippen molar-refractivity contribution in [3.8, 4) is 0 Å². The first-order valence-electron chi connectivity index (χ1n) is 15.1. The number of ether oxygens (including phenoxy) is 2. The topological polar surface area (TPSA) is 119 Å². The van der Waals surface area contributed by atoms with E-state index in [2.05, 4.69) is 42.7 Å². The van der Waals surface area contributed by atoms with Gasteiger partial charge in [0.15, 0.2) is 6.10 Å². The molecule has 8 nitrogen and oxygen atoms in total. The van der Waals surface area contributed by atoms with Gasteiger partial charge in [0.25, 0.3) is 0 Å². The predicted molar refractivity (Wildman–Crippen MR) is 156 cm³/mol. The Balaban J connectivity index is 4.05. The summed E-state index contributed by atoms with van der Waals surface area (Å²) >= 11 is 0. The lowest BCUT2D eigenvalue weighted by Gasteiger charge is -2.18. The van der Waals surface area contributed by atoms with Crippen LogP contribution in [0.5, 0.6) is 0 Å². The van der Waals surface area contributed by atoms with Crippen molar-refractivity contribution in [2.45, 2.75) is 142 Å². The molecule has 9 heteroatoms. The van der Waals surface area contributed by atoms with E-state index in [1.165, 1.54) is 32.1 Å². The molecule has 0 saturated carbocycles. The Morgan fingerprint density at radius 2 is 1.15 bits per heavy atom. The van der Waals surface area contributed by atoms with E-state index in [9.17, 15) is 14.2 Å². The Labute approximate surface area is 237 Å². The van der Waals surface area contributed by atoms with Crippen LogP contribution in [-0.2, 0) is 28.2 Å². The van der Waals surface area contributed by atoms with Crippen LogP contribution < -0.4 is 0 Å². The van der Waals surface area contributed by atoms with Crippen LogP contribution in [0.15, 0.2) is 24.3 Å². The Hall–Kier alpha value is -1.47. The van der Waals surface area contributed by atoms with Crippen LogP contribution in [0.25, 0.3) is 0 Å². The van der Waals surface area contributed by atoms with Crippen molar-refractivity contribution in [1.82, 2.24) is 0 Å². The number of hydrogen-bond donors (Lipinski definition) is 2. The highest BCUT2D eigenvalue weighted by Crippen LogP contribution is 2.35. The van der Waals surface area contributed by atoms with Crippen LogP contribution in [0.2, 0.25) is 0 Å². The van der Waals surface area contributed by atoms with Crippen molar-refractivity contribution in [1.29, 1.82) is 0 Å². The van der Waals surface area contributed by atoms with Crippen molar-refractivity contribution in [2.75, 3.05) is 13.2 Å². The second-order valence-electron chi connectivity index (χ2n) is 10.1. The predicted octanol–water partition coefficient (Wildman–Crippen LogP) is 8.11. The first kappa shape index (κ1) is 37.5. The lowest BCUT2D eigenvalue weighted by Crippen LogP contribution is -2.29. The highest BCUT2D eigenvalue weighted by Gasteiger charge is 2.22. The minimum Gasteiger partial charge on any atom is -0.462 e. The SMILES string of the molecule is CCCCC/C=C\C/C=C\CCCCCCCC(=O)OC(COC(=O)CCCCCCCC)COP(=O)(O)O. The Bertz CT molecular complexity index is 701. The summed E-state index contributed by atoms with van der Waals surface area (Å²) in [6.07, 6.45) is 26.4. The molecule has 0 radical (unpaired) electrons. The molecule has 2 N–H and O–H groups in total. The van der Waals surface area contributed by atoms with Crippen LogP contribution in [0, 0.1) is 0 Å². The first-order chi connectivity index (χ1) is 18.8. The first-order valence-corrected chi connectivity index (χ1v) is 16.7. The summed E-state index contributed by atoms with van der Waals surface area (Å²) in [5, 5.41) is 0. The van der Waals surface area contributed by atoms with Gasteiger partial charge in [0.05, 0.1) is 6.61 Å². The second-order valence-corrected chi connectivity index (χ2v) is 11.3. The number of hydrogen-bond acceptors (Lipinski definition) is 6. The van der Waals surface area contributed by atoms with Gasteiger partial charge in [0.1, 0.15) is 6.61 Å². The zero-order chi connectivity index (χ0) is 29.0. The summed E-state index contributed by atoms with van der Waals surface area (Å²) in [6, 6.07) is 0. The fourth-order valence-corrected chi connectivity index (χ4v) is 4.29. The van der Waals surface area contributed by atoms with E-state index < -0.39 is 32.5 Å². The maximum Gasteiger partial charge on any atom is 0.469 e. The number of esters is 2. The molecule has 0 heterocycles. The van der Waals surface area contributed by atoms with E-state index in [1.54, 1.807) is 0 Å². The van der Waals surface area contributed by atoms with Gasteiger partial charge in [-0.3, -0.25) is 14.1 Å². The lowest BCUT2D eigenvalue weighted by atomic mass is 10.1. The van der Waals surface area contributed by atoms with Crippen molar-refractivity contribution in [2.24, 2.45) is 0 Å². The molecule has 0 aromatic carbocycles. The molecule has 0 aliphatic rings. The summed E-state index contributed by atoms with van der Waals surface area (Å²) in [4.78, 5) is 42.2. The number of carbonyl (C=O) groups is 2. The minimum atomic E-state index is -4.74. The average Bonchev–Trinajstić information content (AvgIpc) is 2.89. The van der Waals surface area contributed by atoms with E-state index in [0.717, 1.165) is 70.6 Å². The molecular formula is C30H55O8P. The fourth-order valence-electron chi connectivity index (χ4n) is 3.93. The van der Waals surface area contributed by atoms with Gasteiger partial charge in [0, 0.05) is 12.8 Å². The molecule has 228 valence electrons. The van der Waals surface area contributed by atoms with Crippen molar-refractivity contribution < 1.29 is 37.9 Å². The largest absolute Gasteiger partial charge is 0.469 e. The molecule has 0 aliphatic heterocycles. The van der Waals surface area contributed by atoms with Crippen molar-refractivity contribution in [3.63, 3.8) is 0 Å². The second kappa shape index (κ2) is 26.7. The molecule has 0 amide bonds. The maximum atomic E-state index is 12.2. The van der Waals surface area contributed by atoms with Crippen molar-refractivity contribution in [3.05, 3.63) is 24.3 Å². The molecular weight excluding hydrogens is 519 g/mol. The molecule has 0 rings (SSSR count). The number of phosphoric acid groups is 1. The van der Waals surface area contributed by atoms with E-state index in [4.69, 9.17) is 19.3 Å². The van der Waals surface area contributed by atoms with Crippen LogP contribution in [-0.4, -0.2) is 41.0 Å². The number of rotatable bonds is 27. The molecule has 0 spiro atoms. The van der Waals surface area contributed by atoms with E-state index in [0.29, 0.717) is 6.42 Å². The zero-order valence-electron chi connectivity index (χ0n) is 24.5. The molecule has 1 unspecified atom stereocenters. The van der Waals surface area contributed by atoms with Gasteiger partial charge in [-0.2, -0.15) is 0 Å². The van der Waals surface area contributed by atoms with Crippen LogP contribution in [0.1, 0.15) is 136 Å². The smallest absolute Gasteiger partial charge is 0.462 e. The monoisotopic (exact) mass is 574 g/mol. The molecule has 39 heavy (non-hydrogen) atoms. The van der Waals surface area contributed by atoms with E-state index in [-0.39, 0.29) is 19.4 Å². The molecule has 0 aliphatic carbocycles. The number of phosphoric ester groups is 1. The molecule has 0 bridgehead atoms. The van der Waals surface area contributed by atoms with E-state index in [1.807, 2.05) is 0 Å². The quantitative estimate of drug-likeness (QED) is 0.0437. The number of carbonyl (C=O) groups excluding carboxylic acids is 2. The summed E-state index contributed by atoms with van der Waals surface area (Å²) < 4.78 is 26.0. The van der Waals surface area contributed by atoms with Gasteiger partial charge >= 0.3 is 19.8 Å². The average molecular weight is 575 g/mol. The normalized spacial score (nSPS) is 12.8. The highest BCUT2D eigenvalue weighted by molar-refractivity contribution is 7.46. The van der Waals surface area contributed by atoms with Gasteiger partial charge in [-0.25, -0.2) is 4.57 Å². The molecule has 1 atom stereocenters. The number of unbranched alkanes of at least 4 members (excludes halogenated alkanes) is 13. The molecule has 0 aromatic heterocycles. The summed E-state index contributed by atoms with van der Waals surface area (Å²) in [6.45, 7) is 3.53. The van der Waals surface area contributed by atoms with E-state index >= 15 is 0 Å². The Kier molecular flexibility index (Phi) is 25.7. The van der Waals surface area contributed by atoms with Gasteiger partial charge in [-0.1, -0.05) is 102 Å². The third-order valence-electron chi connectivity index (χ3n) is 6.22. The van der Waals surface area contributed by atoms with Crippen molar-refractivity contribution >= 4 is 19.8 Å². The minimum absolute atomic E-state index is 0.197. The zero-order valence-corrected chi connectivity index (χ0v) is 25.4. The van der Waals surface area contributed by atoms with Gasteiger partial charge in [0.2, 0.25) is 0 Å². The van der Waals surface area contributed by atoms with Crippen LogP contribution >= 0.6 is 7.82 Å². The Morgan fingerprint density at radius 3 is 1.74 bits per heavy atom. The Morgan fingerprint density at radius 1 is 0.667 bits per heavy atom. The van der Waals surface area contributed by atoms with Crippen LogP contribution in [0.4, 0.5) is 0 Å². The molecule has 0 fully saturated rings. The molecule has 0 aromatic rings.